The fourth-order valence-electron chi connectivity index (χ4n) is 6.33. The number of aliphatic hydroxyl groups is 2. The number of esters is 1. The Morgan fingerprint density at radius 2 is 0.940 bits per heavy atom. The van der Waals surface area contributed by atoms with Crippen molar-refractivity contribution in [3.63, 3.8) is 0 Å². The van der Waals surface area contributed by atoms with Gasteiger partial charge in [-0.25, -0.2) is 0 Å². The molecule has 2 atom stereocenters. The Morgan fingerprint density at radius 1 is 0.540 bits per heavy atom. The van der Waals surface area contributed by atoms with Crippen molar-refractivity contribution in [3.05, 3.63) is 24.3 Å². The molecule has 0 fully saturated rings. The van der Waals surface area contributed by atoms with Crippen molar-refractivity contribution in [2.24, 2.45) is 0 Å². The summed E-state index contributed by atoms with van der Waals surface area (Å²) >= 11 is 0. The summed E-state index contributed by atoms with van der Waals surface area (Å²) in [5.74, 6) is -0.134. The molecule has 0 bridgehead atoms. The zero-order chi connectivity index (χ0) is 36.6. The number of nitrogens with one attached hydrogen (secondary N) is 1. The van der Waals surface area contributed by atoms with Gasteiger partial charge in [0, 0.05) is 12.8 Å². The van der Waals surface area contributed by atoms with Gasteiger partial charge in [-0.1, -0.05) is 173 Å². The number of carbonyl (C=O) groups is 2. The summed E-state index contributed by atoms with van der Waals surface area (Å²) in [4.78, 5) is 24.3. The molecule has 0 aromatic heterocycles. The topological polar surface area (TPSA) is 95.9 Å². The van der Waals surface area contributed by atoms with Crippen molar-refractivity contribution in [3.8, 4) is 0 Å². The molecule has 0 aromatic rings. The number of unbranched alkanes of at least 4 members (excludes halogenated alkanes) is 26. The number of ether oxygens (including phenoxy) is 1. The normalized spacial score (nSPS) is 13.0. The second-order valence-electron chi connectivity index (χ2n) is 14.7. The number of amides is 1. The van der Waals surface area contributed by atoms with Crippen LogP contribution >= 0.6 is 0 Å². The number of hydrogen-bond acceptors (Lipinski definition) is 5. The fourth-order valence-corrected chi connectivity index (χ4v) is 6.33. The lowest BCUT2D eigenvalue weighted by Gasteiger charge is -2.20. The van der Waals surface area contributed by atoms with E-state index in [0.717, 1.165) is 83.5 Å². The van der Waals surface area contributed by atoms with E-state index in [4.69, 9.17) is 4.74 Å². The Bertz CT molecular complexity index is 782. The monoisotopic (exact) mass is 706 g/mol. The van der Waals surface area contributed by atoms with E-state index >= 15 is 0 Å². The van der Waals surface area contributed by atoms with Crippen LogP contribution in [0.15, 0.2) is 24.3 Å². The van der Waals surface area contributed by atoms with Gasteiger partial charge in [-0.15, -0.1) is 0 Å². The van der Waals surface area contributed by atoms with E-state index in [2.05, 4.69) is 31.3 Å². The Morgan fingerprint density at radius 3 is 1.42 bits per heavy atom. The largest absolute Gasteiger partial charge is 0.466 e. The Balaban J connectivity index is 3.56. The van der Waals surface area contributed by atoms with E-state index in [-0.39, 0.29) is 18.5 Å². The van der Waals surface area contributed by atoms with Gasteiger partial charge in [0.05, 0.1) is 25.4 Å². The van der Waals surface area contributed by atoms with Gasteiger partial charge in [-0.3, -0.25) is 9.59 Å². The van der Waals surface area contributed by atoms with Crippen LogP contribution in [0.2, 0.25) is 0 Å². The Kier molecular flexibility index (Phi) is 38.8. The highest BCUT2D eigenvalue weighted by molar-refractivity contribution is 5.76. The van der Waals surface area contributed by atoms with E-state index in [0.29, 0.717) is 19.4 Å². The van der Waals surface area contributed by atoms with Gasteiger partial charge in [0.2, 0.25) is 5.91 Å². The van der Waals surface area contributed by atoms with E-state index in [9.17, 15) is 19.8 Å². The molecule has 3 N–H and O–H groups in total. The third-order valence-electron chi connectivity index (χ3n) is 9.72. The van der Waals surface area contributed by atoms with Gasteiger partial charge in [-0.05, 0) is 57.8 Å². The Labute approximate surface area is 310 Å². The molecule has 0 aliphatic rings. The minimum Gasteiger partial charge on any atom is -0.466 e. The molecule has 6 heteroatoms. The molecular formula is C44H83NO5. The predicted molar refractivity (Wildman–Crippen MR) is 213 cm³/mol. The molecule has 1 amide bonds. The van der Waals surface area contributed by atoms with Crippen molar-refractivity contribution >= 4 is 11.9 Å². The molecule has 0 spiro atoms. The third kappa shape index (κ3) is 36.1. The second kappa shape index (κ2) is 40.1. The summed E-state index contributed by atoms with van der Waals surface area (Å²) in [5, 5.41) is 22.8. The number of aliphatic hydroxyl groups excluding tert-OH is 2. The summed E-state index contributed by atoms with van der Waals surface area (Å²) in [6, 6.07) is -0.645. The van der Waals surface area contributed by atoms with Crippen molar-refractivity contribution in [2.45, 2.75) is 231 Å². The van der Waals surface area contributed by atoms with Crippen LogP contribution in [0, 0.1) is 0 Å². The van der Waals surface area contributed by atoms with Crippen molar-refractivity contribution < 1.29 is 24.5 Å². The van der Waals surface area contributed by atoms with E-state index in [1.54, 1.807) is 6.08 Å². The summed E-state index contributed by atoms with van der Waals surface area (Å²) < 4.78 is 5.41. The van der Waals surface area contributed by atoms with Crippen LogP contribution in [0.4, 0.5) is 0 Å². The lowest BCUT2D eigenvalue weighted by Crippen LogP contribution is -2.45. The van der Waals surface area contributed by atoms with Crippen molar-refractivity contribution in [1.29, 1.82) is 0 Å². The van der Waals surface area contributed by atoms with Crippen LogP contribution in [-0.2, 0) is 14.3 Å². The van der Waals surface area contributed by atoms with Gasteiger partial charge < -0.3 is 20.3 Å². The summed E-state index contributed by atoms with van der Waals surface area (Å²) in [7, 11) is 0. The molecule has 0 aliphatic heterocycles. The lowest BCUT2D eigenvalue weighted by atomic mass is 10.0. The van der Waals surface area contributed by atoms with Gasteiger partial charge >= 0.3 is 5.97 Å². The van der Waals surface area contributed by atoms with E-state index < -0.39 is 12.1 Å². The van der Waals surface area contributed by atoms with Crippen LogP contribution < -0.4 is 5.32 Å². The third-order valence-corrected chi connectivity index (χ3v) is 9.72. The molecule has 0 saturated heterocycles. The maximum atomic E-state index is 12.3. The summed E-state index contributed by atoms with van der Waals surface area (Å²) in [5.41, 5.74) is 0. The SMILES string of the molecule is CCCCCCCCCC/C=C/C(O)C(CO)NC(=O)CCCCCCC/C=C\CCCCOC(=O)CCCCCCCCCCCCCC. The Hall–Kier alpha value is -1.66. The first-order chi connectivity index (χ1) is 24.5. The molecule has 2 unspecified atom stereocenters. The first-order valence-corrected chi connectivity index (χ1v) is 21.6. The predicted octanol–water partition coefficient (Wildman–Crippen LogP) is 12.0. The second-order valence-corrected chi connectivity index (χ2v) is 14.7. The molecule has 0 heterocycles. The standard InChI is InChI=1S/C44H83NO5/c1-3-5-7-9-11-13-15-18-22-26-30-34-38-44(49)50-39-35-31-27-23-19-16-17-21-25-29-33-37-43(48)45-41(40-46)42(47)36-32-28-24-20-14-12-10-8-6-4-2/h19,23,32,36,41-42,46-47H,3-18,20-22,24-31,33-35,37-40H2,1-2H3,(H,45,48)/b23-19-,36-32+. The first kappa shape index (κ1) is 48.3. The van der Waals surface area contributed by atoms with Crippen molar-refractivity contribution in [1.82, 2.24) is 5.32 Å². The van der Waals surface area contributed by atoms with Crippen LogP contribution in [0.1, 0.15) is 219 Å². The number of allylic oxidation sites excluding steroid dienone is 3. The first-order valence-electron chi connectivity index (χ1n) is 21.6. The lowest BCUT2D eigenvalue weighted by molar-refractivity contribution is -0.143. The van der Waals surface area contributed by atoms with E-state index in [1.165, 1.54) is 109 Å². The molecule has 294 valence electrons. The number of hydrogen-bond donors (Lipinski definition) is 3. The van der Waals surface area contributed by atoms with Crippen molar-refractivity contribution in [2.75, 3.05) is 13.2 Å². The molecule has 50 heavy (non-hydrogen) atoms. The minimum atomic E-state index is -0.859. The molecule has 0 aliphatic carbocycles. The highest BCUT2D eigenvalue weighted by Gasteiger charge is 2.18. The smallest absolute Gasteiger partial charge is 0.305 e. The summed E-state index contributed by atoms with van der Waals surface area (Å²) in [6.07, 6.45) is 44.5. The maximum Gasteiger partial charge on any atom is 0.305 e. The molecule has 0 radical (unpaired) electrons. The van der Waals surface area contributed by atoms with Crippen LogP contribution in [0.5, 0.6) is 0 Å². The number of carbonyl (C=O) groups excluding carboxylic acids is 2. The fraction of sp³-hybridized carbons (Fsp3) is 0.864. The van der Waals surface area contributed by atoms with Gasteiger partial charge in [0.25, 0.3) is 0 Å². The van der Waals surface area contributed by atoms with Gasteiger partial charge in [0.15, 0.2) is 0 Å². The zero-order valence-electron chi connectivity index (χ0n) is 33.1. The molecule has 6 nitrogen and oxygen atoms in total. The van der Waals surface area contributed by atoms with Crippen LogP contribution in [0.3, 0.4) is 0 Å². The highest BCUT2D eigenvalue weighted by Crippen LogP contribution is 2.14. The van der Waals surface area contributed by atoms with E-state index in [1.807, 2.05) is 6.08 Å². The summed E-state index contributed by atoms with van der Waals surface area (Å²) in [6.45, 7) is 4.78. The van der Waals surface area contributed by atoms with Gasteiger partial charge in [0.1, 0.15) is 0 Å². The highest BCUT2D eigenvalue weighted by atomic mass is 16.5. The van der Waals surface area contributed by atoms with Crippen LogP contribution in [0.25, 0.3) is 0 Å². The maximum absolute atomic E-state index is 12.3. The molecule has 0 aromatic carbocycles. The number of rotatable bonds is 39. The average molecular weight is 706 g/mol. The molecular weight excluding hydrogens is 622 g/mol. The van der Waals surface area contributed by atoms with Gasteiger partial charge in [-0.2, -0.15) is 0 Å². The average Bonchev–Trinajstić information content (AvgIpc) is 3.11. The van der Waals surface area contributed by atoms with Crippen LogP contribution in [-0.4, -0.2) is 47.4 Å². The molecule has 0 rings (SSSR count). The zero-order valence-corrected chi connectivity index (χ0v) is 33.1. The quantitative estimate of drug-likeness (QED) is 0.0336. The molecule has 0 saturated carbocycles. The minimum absolute atomic E-state index is 0.0337.